The molecule has 6 nitrogen and oxygen atoms in total. The zero-order valence-electron chi connectivity index (χ0n) is 32.6. The van der Waals surface area contributed by atoms with Gasteiger partial charge in [0.2, 0.25) is 5.71 Å². The van der Waals surface area contributed by atoms with Crippen LogP contribution in [0.5, 0.6) is 0 Å². The fourth-order valence-electron chi connectivity index (χ4n) is 6.52. The first-order valence-electron chi connectivity index (χ1n) is 17.5. The van der Waals surface area contributed by atoms with Crippen LogP contribution < -0.4 is 5.19 Å². The minimum Gasteiger partial charge on any atom is -0.512 e. The molecule has 0 fully saturated rings. The van der Waals surface area contributed by atoms with Crippen molar-refractivity contribution in [2.45, 2.75) is 102 Å². The van der Waals surface area contributed by atoms with Crippen molar-refractivity contribution in [1.29, 1.82) is 0 Å². The molecule has 3 aromatic heterocycles. The number of furan rings is 1. The molecule has 0 bridgehead atoms. The number of benzene rings is 3. The van der Waals surface area contributed by atoms with E-state index in [2.05, 4.69) is 88.7 Å². The SMILES string of the molecule is CC(C)(C)C(=O)/C=C(\O)C(C)(C)C.Cc1ccc2c(n1)oc1c(-c3nc(C(C)C)nc4c3ccc3cc(C)c([Si](C)(C)C)c(C)c34)[c-]ccc12.[Ir]. The Kier molecular flexibility index (Phi) is 11.3. The molecule has 0 saturated carbocycles. The molecule has 1 N–H and O–H groups in total. The number of aliphatic hydroxyl groups is 1. The number of carbonyl (C=O) groups is 1. The molecule has 0 atom stereocenters. The van der Waals surface area contributed by atoms with Gasteiger partial charge in [0.15, 0.2) is 5.78 Å². The Balaban J connectivity index is 0.000000358. The molecular formula is C43H52IrN3O3Si-. The number of rotatable bonds is 4. The molecule has 0 aliphatic carbocycles. The smallest absolute Gasteiger partial charge is 0.216 e. The maximum Gasteiger partial charge on any atom is 0.216 e. The average Bonchev–Trinajstić information content (AvgIpc) is 3.36. The number of aliphatic hydroxyl groups excluding tert-OH is 1. The third-order valence-corrected chi connectivity index (χ3v) is 11.4. The van der Waals surface area contributed by atoms with Crippen LogP contribution in [0.25, 0.3) is 55.0 Å². The van der Waals surface area contributed by atoms with E-state index in [1.165, 1.54) is 33.2 Å². The molecule has 0 aliphatic heterocycles. The summed E-state index contributed by atoms with van der Waals surface area (Å²) in [6, 6.07) is 18.3. The number of fused-ring (bicyclic) bond motifs is 6. The summed E-state index contributed by atoms with van der Waals surface area (Å²) in [5.41, 5.74) is 7.06. The number of nitrogens with zero attached hydrogens (tertiary/aromatic N) is 3. The van der Waals surface area contributed by atoms with E-state index in [0.29, 0.717) is 5.71 Å². The van der Waals surface area contributed by atoms with Gasteiger partial charge in [-0.05, 0) is 49.2 Å². The van der Waals surface area contributed by atoms with Gasteiger partial charge in [-0.25, -0.2) is 9.97 Å². The van der Waals surface area contributed by atoms with E-state index in [9.17, 15) is 9.90 Å². The zero-order chi connectivity index (χ0) is 37.1. The molecular weight excluding hydrogens is 827 g/mol. The third kappa shape index (κ3) is 8.04. The molecule has 271 valence electrons. The van der Waals surface area contributed by atoms with Gasteiger partial charge in [-0.3, -0.25) is 9.78 Å². The van der Waals surface area contributed by atoms with Crippen LogP contribution in [0.15, 0.2) is 58.7 Å². The quantitative estimate of drug-likeness (QED) is 0.0624. The van der Waals surface area contributed by atoms with E-state index in [4.69, 9.17) is 14.4 Å². The normalized spacial score (nSPS) is 12.8. The van der Waals surface area contributed by atoms with Crippen molar-refractivity contribution in [3.63, 3.8) is 0 Å². The Hall–Kier alpha value is -3.71. The van der Waals surface area contributed by atoms with Crippen LogP contribution in [0.1, 0.15) is 84.0 Å². The van der Waals surface area contributed by atoms with Crippen LogP contribution >= 0.6 is 0 Å². The van der Waals surface area contributed by atoms with Gasteiger partial charge in [0.05, 0.1) is 19.2 Å². The summed E-state index contributed by atoms with van der Waals surface area (Å²) in [5, 5.41) is 16.6. The first-order valence-corrected chi connectivity index (χ1v) is 21.0. The number of hydrogen-bond donors (Lipinski definition) is 1. The monoisotopic (exact) mass is 879 g/mol. The summed E-state index contributed by atoms with van der Waals surface area (Å²) in [4.78, 5) is 26.4. The van der Waals surface area contributed by atoms with Crippen molar-refractivity contribution in [1.82, 2.24) is 15.0 Å². The minimum atomic E-state index is -1.57. The van der Waals surface area contributed by atoms with Crippen molar-refractivity contribution >= 4 is 62.8 Å². The average molecular weight is 879 g/mol. The molecule has 51 heavy (non-hydrogen) atoms. The van der Waals surface area contributed by atoms with Crippen LogP contribution in [0.2, 0.25) is 19.6 Å². The Morgan fingerprint density at radius 2 is 1.53 bits per heavy atom. The molecule has 3 heterocycles. The summed E-state index contributed by atoms with van der Waals surface area (Å²) >= 11 is 0. The van der Waals surface area contributed by atoms with Crippen molar-refractivity contribution in [2.75, 3.05) is 0 Å². The van der Waals surface area contributed by atoms with E-state index in [-0.39, 0.29) is 43.0 Å². The third-order valence-electron chi connectivity index (χ3n) is 9.15. The molecule has 6 rings (SSSR count). The predicted octanol–water partition coefficient (Wildman–Crippen LogP) is 11.2. The molecule has 8 heteroatoms. The largest absolute Gasteiger partial charge is 0.512 e. The van der Waals surface area contributed by atoms with Crippen molar-refractivity contribution in [3.05, 3.63) is 83.0 Å². The Labute approximate surface area is 317 Å². The van der Waals surface area contributed by atoms with E-state index in [0.717, 1.165) is 50.0 Å². The van der Waals surface area contributed by atoms with Gasteiger partial charge < -0.3 is 9.52 Å². The number of carbonyl (C=O) groups excluding carboxylic acids is 1. The van der Waals surface area contributed by atoms with Gasteiger partial charge in [0.1, 0.15) is 11.6 Å². The number of pyridine rings is 1. The molecule has 0 amide bonds. The van der Waals surface area contributed by atoms with Crippen LogP contribution in [0.3, 0.4) is 0 Å². The van der Waals surface area contributed by atoms with E-state index in [1.807, 2.05) is 60.6 Å². The van der Waals surface area contributed by atoms with Gasteiger partial charge >= 0.3 is 0 Å². The topological polar surface area (TPSA) is 89.1 Å². The van der Waals surface area contributed by atoms with Crippen molar-refractivity contribution in [2.24, 2.45) is 10.8 Å². The number of allylic oxidation sites excluding steroid dienone is 2. The molecule has 1 radical (unpaired) electrons. The number of aryl methyl sites for hydroxylation is 3. The summed E-state index contributed by atoms with van der Waals surface area (Å²) in [5.74, 6) is 1.12. The Morgan fingerprint density at radius 3 is 2.12 bits per heavy atom. The Bertz CT molecular complexity index is 2320. The number of aromatic nitrogens is 3. The summed E-state index contributed by atoms with van der Waals surface area (Å²) in [6.07, 6.45) is 1.33. The van der Waals surface area contributed by atoms with Crippen LogP contribution in [-0.4, -0.2) is 33.9 Å². The maximum atomic E-state index is 11.5. The molecule has 3 aromatic carbocycles. The van der Waals surface area contributed by atoms with E-state index >= 15 is 0 Å². The zero-order valence-corrected chi connectivity index (χ0v) is 36.0. The fourth-order valence-corrected chi connectivity index (χ4v) is 9.02. The second-order valence-corrected chi connectivity index (χ2v) is 22.0. The molecule has 0 unspecified atom stereocenters. The summed E-state index contributed by atoms with van der Waals surface area (Å²) in [7, 11) is -1.57. The number of hydrogen-bond acceptors (Lipinski definition) is 6. The summed E-state index contributed by atoms with van der Waals surface area (Å²) < 4.78 is 6.36. The van der Waals surface area contributed by atoms with E-state index in [1.54, 1.807) is 0 Å². The van der Waals surface area contributed by atoms with Crippen LogP contribution in [0.4, 0.5) is 0 Å². The Morgan fingerprint density at radius 1 is 0.882 bits per heavy atom. The van der Waals surface area contributed by atoms with Gasteiger partial charge in [0.25, 0.3) is 0 Å². The number of ketones is 1. The van der Waals surface area contributed by atoms with Gasteiger partial charge in [-0.1, -0.05) is 115 Å². The van der Waals surface area contributed by atoms with Gasteiger partial charge in [-0.15, -0.1) is 18.2 Å². The first-order chi connectivity index (χ1) is 23.1. The van der Waals surface area contributed by atoms with Crippen LogP contribution in [0, 0.1) is 37.7 Å². The predicted molar refractivity (Wildman–Crippen MR) is 212 cm³/mol. The maximum absolute atomic E-state index is 11.5. The van der Waals surface area contributed by atoms with E-state index < -0.39 is 13.5 Å². The molecule has 0 spiro atoms. The standard InChI is InChI=1S/C32H32N3OSi.C11H20O2.Ir/c1-17(2)31-34-27(25-11-9-10-22-23-14-12-19(4)33-32(23)36-29(22)25)24-15-13-21-16-18(3)30(37(6,7)8)20(5)26(21)28(24)35-31;1-10(2,3)8(12)7-9(13)11(4,5)6;/h9-10,12-17H,1-8H3;7,12H,1-6H3;/q-1;;/b;8-7-;. The minimum absolute atomic E-state index is 0. The van der Waals surface area contributed by atoms with Crippen molar-refractivity contribution < 1.29 is 34.4 Å². The second-order valence-electron chi connectivity index (χ2n) is 17.0. The summed E-state index contributed by atoms with van der Waals surface area (Å²) in [6.45, 7) is 29.2. The van der Waals surface area contributed by atoms with Crippen LogP contribution in [-0.2, 0) is 24.9 Å². The molecule has 6 aromatic rings. The second kappa shape index (κ2) is 14.4. The van der Waals surface area contributed by atoms with Crippen molar-refractivity contribution in [3.8, 4) is 11.3 Å². The first kappa shape index (κ1) is 40.1. The van der Waals surface area contributed by atoms with Gasteiger partial charge in [-0.2, -0.15) is 0 Å². The fraction of sp³-hybridized carbons (Fsp3) is 0.395. The molecule has 0 saturated heterocycles. The molecule has 0 aliphatic rings. The van der Waals surface area contributed by atoms with Gasteiger partial charge in [0, 0.05) is 65.1 Å².